The zero-order chi connectivity index (χ0) is 11.1. The molecule has 0 nitrogen and oxygen atoms in total. The molecule has 0 saturated heterocycles. The van der Waals surface area contributed by atoms with Crippen molar-refractivity contribution < 1.29 is 4.39 Å². The predicted octanol–water partition coefficient (Wildman–Crippen LogP) is 4.88. The van der Waals surface area contributed by atoms with Gasteiger partial charge in [0.2, 0.25) is 0 Å². The van der Waals surface area contributed by atoms with Crippen LogP contribution in [0.4, 0.5) is 4.39 Å². The van der Waals surface area contributed by atoms with E-state index >= 15 is 0 Å². The molecule has 0 amide bonds. The van der Waals surface area contributed by atoms with Crippen molar-refractivity contribution in [1.29, 1.82) is 0 Å². The van der Waals surface area contributed by atoms with Crippen molar-refractivity contribution >= 4 is 15.9 Å². The Kier molecular flexibility index (Phi) is 5.92. The second kappa shape index (κ2) is 7.00. The zero-order valence-corrected chi connectivity index (χ0v) is 10.8. The van der Waals surface area contributed by atoms with Crippen LogP contribution in [0, 0.1) is 5.82 Å². The van der Waals surface area contributed by atoms with Crippen molar-refractivity contribution in [3.8, 4) is 0 Å². The second-order valence-electron chi connectivity index (χ2n) is 3.87. The van der Waals surface area contributed by atoms with Gasteiger partial charge in [-0.15, -0.1) is 0 Å². The minimum absolute atomic E-state index is 0.0709. The second-order valence-corrected chi connectivity index (χ2v) is 4.52. The van der Waals surface area contributed by atoms with Crippen LogP contribution in [-0.4, -0.2) is 5.33 Å². The van der Waals surface area contributed by atoms with Gasteiger partial charge in [0.25, 0.3) is 0 Å². The summed E-state index contributed by atoms with van der Waals surface area (Å²) in [6.07, 6.45) is 4.70. The van der Waals surface area contributed by atoms with Crippen molar-refractivity contribution in [3.63, 3.8) is 0 Å². The van der Waals surface area contributed by atoms with Crippen LogP contribution in [0.5, 0.6) is 0 Å². The van der Waals surface area contributed by atoms with Gasteiger partial charge in [0, 0.05) is 5.33 Å². The van der Waals surface area contributed by atoms with Crippen LogP contribution in [-0.2, 0) is 0 Å². The number of hydrogen-bond donors (Lipinski definition) is 0. The molecule has 84 valence electrons. The molecular formula is C13H18BrF. The highest BCUT2D eigenvalue weighted by Gasteiger charge is 2.13. The highest BCUT2D eigenvalue weighted by molar-refractivity contribution is 9.09. The molecule has 1 atom stereocenters. The van der Waals surface area contributed by atoms with Gasteiger partial charge < -0.3 is 0 Å². The molecule has 1 aromatic carbocycles. The summed E-state index contributed by atoms with van der Waals surface area (Å²) in [7, 11) is 0. The van der Waals surface area contributed by atoms with Crippen molar-refractivity contribution in [2.45, 2.75) is 38.5 Å². The van der Waals surface area contributed by atoms with Crippen LogP contribution in [0.25, 0.3) is 0 Å². The number of unbranched alkanes of at least 4 members (excludes halogenated alkanes) is 2. The standard InChI is InChI=1S/C13H18BrF/c1-2-3-4-7-11(10-14)12-8-5-6-9-13(12)15/h5-6,8-9,11H,2-4,7,10H2,1H3. The molecule has 1 aromatic rings. The first-order chi connectivity index (χ1) is 7.29. The maximum atomic E-state index is 13.5. The zero-order valence-electron chi connectivity index (χ0n) is 9.18. The summed E-state index contributed by atoms with van der Waals surface area (Å²) in [6, 6.07) is 7.10. The molecule has 1 unspecified atom stereocenters. The molecule has 0 fully saturated rings. The number of benzene rings is 1. The third-order valence-corrected chi connectivity index (χ3v) is 3.47. The average molecular weight is 273 g/mol. The number of halogens is 2. The lowest BCUT2D eigenvalue weighted by Crippen LogP contribution is -2.03. The van der Waals surface area contributed by atoms with E-state index in [0.717, 1.165) is 17.3 Å². The molecule has 0 aromatic heterocycles. The molecule has 0 heterocycles. The quantitative estimate of drug-likeness (QED) is 0.511. The average Bonchev–Trinajstić information content (AvgIpc) is 2.26. The molecule has 0 radical (unpaired) electrons. The lowest BCUT2D eigenvalue weighted by Gasteiger charge is -2.14. The van der Waals surface area contributed by atoms with E-state index in [0.29, 0.717) is 5.92 Å². The number of alkyl halides is 1. The summed E-state index contributed by atoms with van der Waals surface area (Å²) in [5.41, 5.74) is 0.852. The summed E-state index contributed by atoms with van der Waals surface area (Å²) in [5.74, 6) is 0.246. The maximum Gasteiger partial charge on any atom is 0.126 e. The Balaban J connectivity index is 2.61. The van der Waals surface area contributed by atoms with E-state index in [2.05, 4.69) is 22.9 Å². The van der Waals surface area contributed by atoms with E-state index < -0.39 is 0 Å². The fraction of sp³-hybridized carbons (Fsp3) is 0.538. The number of rotatable bonds is 6. The molecule has 0 bridgehead atoms. The fourth-order valence-corrected chi connectivity index (χ4v) is 2.44. The van der Waals surface area contributed by atoms with Gasteiger partial charge in [-0.05, 0) is 24.0 Å². The maximum absolute atomic E-state index is 13.5. The first kappa shape index (κ1) is 12.7. The highest BCUT2D eigenvalue weighted by Crippen LogP contribution is 2.26. The first-order valence-electron chi connectivity index (χ1n) is 5.60. The fourth-order valence-electron chi connectivity index (χ4n) is 1.76. The smallest absolute Gasteiger partial charge is 0.126 e. The minimum atomic E-state index is -0.0709. The van der Waals surface area contributed by atoms with Crippen LogP contribution in [0.2, 0.25) is 0 Å². The van der Waals surface area contributed by atoms with Crippen LogP contribution in [0.15, 0.2) is 24.3 Å². The summed E-state index contributed by atoms with van der Waals surface area (Å²) < 4.78 is 13.5. The Hall–Kier alpha value is -0.370. The van der Waals surface area contributed by atoms with E-state index in [1.165, 1.54) is 19.3 Å². The lowest BCUT2D eigenvalue weighted by molar-refractivity contribution is 0.556. The normalized spacial score (nSPS) is 12.7. The molecule has 2 heteroatoms. The lowest BCUT2D eigenvalue weighted by atomic mass is 9.95. The van der Waals surface area contributed by atoms with Gasteiger partial charge in [0.05, 0.1) is 0 Å². The van der Waals surface area contributed by atoms with Gasteiger partial charge in [-0.25, -0.2) is 4.39 Å². The van der Waals surface area contributed by atoms with Crippen molar-refractivity contribution in [3.05, 3.63) is 35.6 Å². The molecule has 0 saturated carbocycles. The Bertz CT molecular complexity index is 286. The third-order valence-electron chi connectivity index (χ3n) is 2.69. The SMILES string of the molecule is CCCCCC(CBr)c1ccccc1F. The minimum Gasteiger partial charge on any atom is -0.207 e. The number of hydrogen-bond acceptors (Lipinski definition) is 0. The van der Waals surface area contributed by atoms with Crippen molar-refractivity contribution in [2.24, 2.45) is 0 Å². The van der Waals surface area contributed by atoms with Gasteiger partial charge in [-0.3, -0.25) is 0 Å². The van der Waals surface area contributed by atoms with Crippen molar-refractivity contribution in [1.82, 2.24) is 0 Å². The largest absolute Gasteiger partial charge is 0.207 e. The Morgan fingerprint density at radius 1 is 1.27 bits per heavy atom. The summed E-state index contributed by atoms with van der Waals surface area (Å²) in [5, 5.41) is 0.845. The van der Waals surface area contributed by atoms with Gasteiger partial charge in [0.15, 0.2) is 0 Å². The van der Waals surface area contributed by atoms with E-state index in [1.807, 2.05) is 12.1 Å². The monoisotopic (exact) mass is 272 g/mol. The summed E-state index contributed by atoms with van der Waals surface area (Å²) >= 11 is 3.47. The van der Waals surface area contributed by atoms with Crippen LogP contribution in [0.3, 0.4) is 0 Å². The Morgan fingerprint density at radius 2 is 2.00 bits per heavy atom. The van der Waals surface area contributed by atoms with E-state index in [-0.39, 0.29) is 5.82 Å². The summed E-state index contributed by atoms with van der Waals surface area (Å²) in [6.45, 7) is 2.19. The van der Waals surface area contributed by atoms with E-state index in [4.69, 9.17) is 0 Å². The molecule has 0 aliphatic carbocycles. The molecule has 0 spiro atoms. The predicted molar refractivity (Wildman–Crippen MR) is 67.1 cm³/mol. The Labute approximate surface area is 100 Å². The molecule has 0 N–H and O–H groups in total. The third kappa shape index (κ3) is 3.94. The first-order valence-corrected chi connectivity index (χ1v) is 6.72. The Morgan fingerprint density at radius 3 is 2.60 bits per heavy atom. The molecule has 15 heavy (non-hydrogen) atoms. The highest BCUT2D eigenvalue weighted by atomic mass is 79.9. The van der Waals surface area contributed by atoms with Crippen LogP contribution >= 0.6 is 15.9 Å². The molecule has 0 aliphatic rings. The van der Waals surface area contributed by atoms with Gasteiger partial charge in [-0.1, -0.05) is 60.3 Å². The van der Waals surface area contributed by atoms with Gasteiger partial charge >= 0.3 is 0 Å². The van der Waals surface area contributed by atoms with E-state index in [9.17, 15) is 4.39 Å². The van der Waals surface area contributed by atoms with Gasteiger partial charge in [0.1, 0.15) is 5.82 Å². The van der Waals surface area contributed by atoms with Gasteiger partial charge in [-0.2, -0.15) is 0 Å². The van der Waals surface area contributed by atoms with Crippen molar-refractivity contribution in [2.75, 3.05) is 5.33 Å². The van der Waals surface area contributed by atoms with E-state index in [1.54, 1.807) is 12.1 Å². The molecule has 0 aliphatic heterocycles. The topological polar surface area (TPSA) is 0 Å². The molecule has 1 rings (SSSR count). The van der Waals surface area contributed by atoms with Crippen LogP contribution in [0.1, 0.15) is 44.1 Å². The van der Waals surface area contributed by atoms with Crippen LogP contribution < -0.4 is 0 Å². The summed E-state index contributed by atoms with van der Waals surface area (Å²) in [4.78, 5) is 0. The molecular weight excluding hydrogens is 255 g/mol.